The number of aliphatic carboxylic acids is 1. The molecule has 0 aromatic heterocycles. The number of fused-ring (bicyclic) bond motifs is 1. The molecule has 1 aromatic carbocycles. The summed E-state index contributed by atoms with van der Waals surface area (Å²) in [5, 5.41) is 40.1. The predicted octanol–water partition coefficient (Wildman–Crippen LogP) is -2.01. The third-order valence-corrected chi connectivity index (χ3v) is 3.96. The van der Waals surface area contributed by atoms with E-state index in [1.54, 1.807) is 18.2 Å². The zero-order chi connectivity index (χ0) is 16.7. The maximum Gasteiger partial charge on any atom is 0.335 e. The molecule has 2 aliphatic heterocycles. The second kappa shape index (κ2) is 6.06. The zero-order valence-electron chi connectivity index (χ0n) is 11.7. The Morgan fingerprint density at radius 2 is 2.00 bits per heavy atom. The summed E-state index contributed by atoms with van der Waals surface area (Å²) in [6, 6.07) is 4.96. The van der Waals surface area contributed by atoms with Crippen molar-refractivity contribution in [2.24, 2.45) is 4.99 Å². The Morgan fingerprint density at radius 3 is 2.70 bits per heavy atom. The van der Waals surface area contributed by atoms with Crippen LogP contribution in [0.3, 0.4) is 0 Å². The predicted molar refractivity (Wildman–Crippen MR) is 75.9 cm³/mol. The highest BCUT2D eigenvalue weighted by Gasteiger charge is 2.48. The first-order valence-corrected chi connectivity index (χ1v) is 7.18. The normalized spacial score (nSPS) is 33.0. The number of benzene rings is 1. The quantitative estimate of drug-likeness (QED) is 0.499. The van der Waals surface area contributed by atoms with E-state index in [4.69, 9.17) is 26.2 Å². The Balaban J connectivity index is 1.88. The van der Waals surface area contributed by atoms with Gasteiger partial charge in [0.05, 0.1) is 11.9 Å². The van der Waals surface area contributed by atoms with Crippen molar-refractivity contribution in [2.45, 2.75) is 30.7 Å². The van der Waals surface area contributed by atoms with Crippen LogP contribution in [0.5, 0.6) is 0 Å². The van der Waals surface area contributed by atoms with E-state index in [9.17, 15) is 20.1 Å². The number of carbonyl (C=O) groups is 1. The lowest BCUT2D eigenvalue weighted by atomic mass is 9.99. The van der Waals surface area contributed by atoms with E-state index in [-0.39, 0.29) is 6.54 Å². The maximum absolute atomic E-state index is 11.1. The van der Waals surface area contributed by atoms with Crippen LogP contribution in [0, 0.1) is 0 Å². The summed E-state index contributed by atoms with van der Waals surface area (Å²) < 4.78 is 10.6. The molecule has 8 nitrogen and oxygen atoms in total. The number of rotatable bonds is 3. The van der Waals surface area contributed by atoms with Crippen LogP contribution in [-0.2, 0) is 14.3 Å². The number of aliphatic hydroxyl groups is 3. The van der Waals surface area contributed by atoms with Crippen molar-refractivity contribution in [3.8, 4) is 0 Å². The fraction of sp³-hybridized carbons (Fsp3) is 0.429. The van der Waals surface area contributed by atoms with Crippen LogP contribution in [0.15, 0.2) is 23.2 Å². The average molecular weight is 344 g/mol. The van der Waals surface area contributed by atoms with Crippen LogP contribution >= 0.6 is 11.6 Å². The number of hydrogen-bond acceptors (Lipinski definition) is 7. The molecule has 23 heavy (non-hydrogen) atoms. The van der Waals surface area contributed by atoms with E-state index >= 15 is 0 Å². The molecule has 0 radical (unpaired) electrons. The summed E-state index contributed by atoms with van der Waals surface area (Å²) in [6.45, 7) is 0.165. The zero-order valence-corrected chi connectivity index (χ0v) is 12.4. The first kappa shape index (κ1) is 16.2. The van der Waals surface area contributed by atoms with Gasteiger partial charge < -0.3 is 29.9 Å². The minimum atomic E-state index is -1.76. The molecule has 2 heterocycles. The Hall–Kier alpha value is -1.71. The van der Waals surface area contributed by atoms with Crippen molar-refractivity contribution < 1.29 is 34.7 Å². The molecule has 4 N–H and O–H groups in total. The Kier molecular flexibility index (Phi) is 4.26. The fourth-order valence-corrected chi connectivity index (χ4v) is 2.67. The van der Waals surface area contributed by atoms with Crippen LogP contribution in [0.1, 0.15) is 0 Å². The van der Waals surface area contributed by atoms with Crippen molar-refractivity contribution in [2.75, 3.05) is 6.54 Å². The summed E-state index contributed by atoms with van der Waals surface area (Å²) in [6.07, 6.45) is -8.22. The molecule has 1 aromatic rings. The molecular formula is C14H14ClNO7. The summed E-state index contributed by atoms with van der Waals surface area (Å²) >= 11 is 5.87. The van der Waals surface area contributed by atoms with E-state index in [1.165, 1.54) is 0 Å². The number of halogens is 1. The van der Waals surface area contributed by atoms with Gasteiger partial charge in [0.1, 0.15) is 24.1 Å². The molecule has 0 amide bonds. The van der Waals surface area contributed by atoms with Gasteiger partial charge in [0, 0.05) is 10.2 Å². The molecular weight excluding hydrogens is 330 g/mol. The average Bonchev–Trinajstić information content (AvgIpc) is 2.89. The van der Waals surface area contributed by atoms with E-state index in [0.29, 0.717) is 21.4 Å². The lowest BCUT2D eigenvalue weighted by molar-refractivity contribution is -0.278. The van der Waals surface area contributed by atoms with Gasteiger partial charge in [-0.3, -0.25) is 4.99 Å². The second-order valence-electron chi connectivity index (χ2n) is 5.25. The highest BCUT2D eigenvalue weighted by Crippen LogP contribution is 2.24. The topological polar surface area (TPSA) is 129 Å². The molecule has 0 unspecified atom stereocenters. The molecule has 0 bridgehead atoms. The number of ether oxygens (including phenoxy) is 2. The van der Waals surface area contributed by atoms with E-state index in [0.717, 1.165) is 0 Å². The van der Waals surface area contributed by atoms with Gasteiger partial charge in [-0.05, 0) is 18.2 Å². The highest BCUT2D eigenvalue weighted by molar-refractivity contribution is 6.30. The van der Waals surface area contributed by atoms with Crippen LogP contribution in [0.25, 0.3) is 5.76 Å². The first-order chi connectivity index (χ1) is 10.9. The number of carboxylic acid groups (broad SMARTS) is 1. The van der Waals surface area contributed by atoms with Gasteiger partial charge in [-0.2, -0.15) is 0 Å². The van der Waals surface area contributed by atoms with Crippen molar-refractivity contribution >= 4 is 23.3 Å². The summed E-state index contributed by atoms with van der Waals surface area (Å²) in [7, 11) is 0. The third kappa shape index (κ3) is 2.91. The van der Waals surface area contributed by atoms with Crippen LogP contribution < -0.4 is 10.6 Å². The van der Waals surface area contributed by atoms with Crippen LogP contribution in [-0.4, -0.2) is 63.6 Å². The molecule has 1 saturated heterocycles. The minimum Gasteiger partial charge on any atom is -0.479 e. The number of aliphatic hydroxyl groups excluding tert-OH is 3. The van der Waals surface area contributed by atoms with Gasteiger partial charge in [-0.1, -0.05) is 11.6 Å². The minimum absolute atomic E-state index is 0.165. The van der Waals surface area contributed by atoms with Crippen molar-refractivity contribution in [1.82, 2.24) is 0 Å². The number of nitrogens with zero attached hydrogens (tertiary/aromatic N) is 1. The molecule has 5 atom stereocenters. The Labute approximate surface area is 134 Å². The first-order valence-electron chi connectivity index (χ1n) is 6.81. The molecule has 124 valence electrons. The van der Waals surface area contributed by atoms with Gasteiger partial charge in [0.25, 0.3) is 0 Å². The fourth-order valence-electron chi connectivity index (χ4n) is 2.50. The lowest BCUT2D eigenvalue weighted by Gasteiger charge is -2.38. The van der Waals surface area contributed by atoms with Gasteiger partial charge in [-0.25, -0.2) is 4.79 Å². The SMILES string of the molecule is O=C(O)[C@H]1O[C@@H](OC2=c3ccc(Cl)cc3=NC2)[C@H](O)[C@@H](O)[C@@H]1O. The number of carboxylic acids is 1. The van der Waals surface area contributed by atoms with E-state index < -0.39 is 36.7 Å². The van der Waals surface area contributed by atoms with Gasteiger partial charge in [0.2, 0.25) is 6.29 Å². The summed E-state index contributed by atoms with van der Waals surface area (Å²) in [4.78, 5) is 15.3. The second-order valence-corrected chi connectivity index (χ2v) is 5.69. The van der Waals surface area contributed by atoms with Gasteiger partial charge in [0.15, 0.2) is 6.10 Å². The monoisotopic (exact) mass is 343 g/mol. The summed E-state index contributed by atoms with van der Waals surface area (Å²) in [5.41, 5.74) is 0. The Bertz CT molecular complexity index is 752. The third-order valence-electron chi connectivity index (χ3n) is 3.72. The molecule has 0 saturated carbocycles. The smallest absolute Gasteiger partial charge is 0.335 e. The van der Waals surface area contributed by atoms with Crippen molar-refractivity contribution in [1.29, 1.82) is 0 Å². The van der Waals surface area contributed by atoms with Gasteiger partial charge in [-0.15, -0.1) is 0 Å². The molecule has 1 fully saturated rings. The largest absolute Gasteiger partial charge is 0.479 e. The maximum atomic E-state index is 11.1. The Morgan fingerprint density at radius 1 is 1.26 bits per heavy atom. The lowest BCUT2D eigenvalue weighted by Crippen LogP contribution is -2.60. The summed E-state index contributed by atoms with van der Waals surface area (Å²) in [5.74, 6) is -1.11. The molecule has 0 aliphatic carbocycles. The van der Waals surface area contributed by atoms with Crippen LogP contribution in [0.4, 0.5) is 0 Å². The standard InChI is InChI=1S/C14H14ClNO7/c15-5-1-2-6-7(3-5)16-4-8(6)22-14-11(19)9(17)10(18)12(23-14)13(20)21/h1-3,9-12,14,17-19H,4H2,(H,20,21)/t9-,10-,11+,12-,14+/m0/s1. The highest BCUT2D eigenvalue weighted by atomic mass is 35.5. The molecule has 0 spiro atoms. The van der Waals surface area contributed by atoms with E-state index in [2.05, 4.69) is 4.99 Å². The van der Waals surface area contributed by atoms with E-state index in [1.807, 2.05) is 0 Å². The molecule has 2 aliphatic rings. The van der Waals surface area contributed by atoms with Gasteiger partial charge >= 0.3 is 5.97 Å². The molecule has 3 rings (SSSR count). The molecule has 9 heteroatoms. The van der Waals surface area contributed by atoms with Crippen molar-refractivity contribution in [3.63, 3.8) is 0 Å². The van der Waals surface area contributed by atoms with Crippen molar-refractivity contribution in [3.05, 3.63) is 33.8 Å². The number of hydrogen-bond donors (Lipinski definition) is 4. The van der Waals surface area contributed by atoms with Crippen LogP contribution in [0.2, 0.25) is 5.02 Å².